The molecule has 2 fully saturated rings. The Morgan fingerprint density at radius 2 is 1.86 bits per heavy atom. The Labute approximate surface area is 214 Å². The number of anilines is 1. The largest absolute Gasteiger partial charge is 0.446 e. The van der Waals surface area contributed by atoms with Gasteiger partial charge < -0.3 is 9.30 Å². The van der Waals surface area contributed by atoms with Crippen molar-refractivity contribution in [2.24, 2.45) is 5.92 Å². The molecule has 0 bridgehead atoms. The van der Waals surface area contributed by atoms with Gasteiger partial charge in [0.2, 0.25) is 0 Å². The molecule has 0 saturated heterocycles. The Hall–Kier alpha value is -4.31. The van der Waals surface area contributed by atoms with Crippen LogP contribution in [-0.4, -0.2) is 21.3 Å². The Morgan fingerprint density at radius 3 is 2.51 bits per heavy atom. The summed E-state index contributed by atoms with van der Waals surface area (Å²) in [5.41, 5.74) is 4.66. The van der Waals surface area contributed by atoms with Gasteiger partial charge in [0.25, 0.3) is 5.56 Å². The molecule has 2 aliphatic rings. The normalized spacial score (nSPS) is 16.1. The monoisotopic (exact) mass is 492 g/mol. The standard InChI is InChI=1S/C30H28N4O3/c1-19(20-8-9-20)37-30(36)32-22-12-10-21(11-13-22)29-26(18-31)25-15-14-24(33-16-3-2-7-28(33)35)17-27(25)34(29)23-5-4-6-23/h2-3,7,10-17,19-20,23H,4-6,8-9H2,1H3,(H,32,36)/t19-/m1/s1. The molecule has 0 unspecified atom stereocenters. The summed E-state index contributed by atoms with van der Waals surface area (Å²) in [6.07, 6.45) is 6.70. The van der Waals surface area contributed by atoms with Crippen LogP contribution in [0.3, 0.4) is 0 Å². The summed E-state index contributed by atoms with van der Waals surface area (Å²) in [7, 11) is 0. The molecule has 4 aromatic rings. The van der Waals surface area contributed by atoms with Crippen molar-refractivity contribution in [3.8, 4) is 23.0 Å². The third-order valence-electron chi connectivity index (χ3n) is 7.62. The number of fused-ring (bicyclic) bond motifs is 1. The fourth-order valence-corrected chi connectivity index (χ4v) is 5.20. The van der Waals surface area contributed by atoms with E-state index in [1.54, 1.807) is 22.9 Å². The molecule has 2 saturated carbocycles. The summed E-state index contributed by atoms with van der Waals surface area (Å²) in [5.74, 6) is 0.479. The number of hydrogen-bond donors (Lipinski definition) is 1. The van der Waals surface area contributed by atoms with Crippen molar-refractivity contribution in [3.63, 3.8) is 0 Å². The molecule has 37 heavy (non-hydrogen) atoms. The third-order valence-corrected chi connectivity index (χ3v) is 7.62. The van der Waals surface area contributed by atoms with Crippen LogP contribution in [-0.2, 0) is 4.74 Å². The molecule has 1 amide bonds. The van der Waals surface area contributed by atoms with E-state index in [1.165, 1.54) is 0 Å². The van der Waals surface area contributed by atoms with Crippen LogP contribution in [0.5, 0.6) is 0 Å². The van der Waals surface area contributed by atoms with Crippen molar-refractivity contribution < 1.29 is 9.53 Å². The molecular weight excluding hydrogens is 464 g/mol. The Balaban J connectivity index is 1.39. The highest BCUT2D eigenvalue weighted by Gasteiger charge is 2.31. The van der Waals surface area contributed by atoms with Gasteiger partial charge in [-0.2, -0.15) is 5.26 Å². The second-order valence-electron chi connectivity index (χ2n) is 10.1. The number of carbonyl (C=O) groups excluding carboxylic acids is 1. The lowest BCUT2D eigenvalue weighted by atomic mass is 9.92. The highest BCUT2D eigenvalue weighted by molar-refractivity contribution is 5.96. The molecule has 2 heterocycles. The molecule has 6 rings (SSSR count). The number of pyridine rings is 1. The van der Waals surface area contributed by atoms with E-state index < -0.39 is 6.09 Å². The minimum absolute atomic E-state index is 0.0766. The van der Waals surface area contributed by atoms with Gasteiger partial charge in [-0.15, -0.1) is 0 Å². The van der Waals surface area contributed by atoms with E-state index in [4.69, 9.17) is 4.74 Å². The summed E-state index contributed by atoms with van der Waals surface area (Å²) < 4.78 is 9.36. The lowest BCUT2D eigenvalue weighted by Gasteiger charge is -2.30. The highest BCUT2D eigenvalue weighted by atomic mass is 16.6. The number of hydrogen-bond acceptors (Lipinski definition) is 4. The van der Waals surface area contributed by atoms with Gasteiger partial charge in [-0.3, -0.25) is 14.7 Å². The van der Waals surface area contributed by atoms with E-state index in [0.29, 0.717) is 23.2 Å². The zero-order valence-corrected chi connectivity index (χ0v) is 20.7. The molecule has 0 aliphatic heterocycles. The van der Waals surface area contributed by atoms with Gasteiger partial charge in [0.1, 0.15) is 12.2 Å². The SMILES string of the molecule is C[C@@H](OC(=O)Nc1ccc(-c2c(C#N)c3ccc(-n4ccccc4=O)cc3n2C2CCC2)cc1)C1CC1. The van der Waals surface area contributed by atoms with Crippen LogP contribution in [0, 0.1) is 17.2 Å². The van der Waals surface area contributed by atoms with Gasteiger partial charge in [-0.25, -0.2) is 4.79 Å². The van der Waals surface area contributed by atoms with E-state index >= 15 is 0 Å². The first kappa shape index (κ1) is 23.1. The number of rotatable bonds is 6. The second kappa shape index (κ2) is 9.29. The quantitative estimate of drug-likeness (QED) is 0.337. The summed E-state index contributed by atoms with van der Waals surface area (Å²) >= 11 is 0. The molecule has 2 aliphatic carbocycles. The number of nitrogens with zero attached hydrogens (tertiary/aromatic N) is 3. The summed E-state index contributed by atoms with van der Waals surface area (Å²) in [6, 6.07) is 21.2. The molecular formula is C30H28N4O3. The molecule has 186 valence electrons. The zero-order chi connectivity index (χ0) is 25.5. The average Bonchev–Trinajstić information content (AvgIpc) is 3.67. The second-order valence-corrected chi connectivity index (χ2v) is 10.1. The number of benzene rings is 2. The Morgan fingerprint density at radius 1 is 1.08 bits per heavy atom. The van der Waals surface area contributed by atoms with Crippen LogP contribution in [0.2, 0.25) is 0 Å². The third kappa shape index (κ3) is 4.29. The zero-order valence-electron chi connectivity index (χ0n) is 20.7. The first-order chi connectivity index (χ1) is 18.0. The van der Waals surface area contributed by atoms with Crippen LogP contribution >= 0.6 is 0 Å². The van der Waals surface area contributed by atoms with Crippen LogP contribution < -0.4 is 10.9 Å². The molecule has 7 nitrogen and oxygen atoms in total. The summed E-state index contributed by atoms with van der Waals surface area (Å²) in [5, 5.41) is 13.9. The maximum absolute atomic E-state index is 12.5. The minimum atomic E-state index is -0.447. The Bertz CT molecular complexity index is 1580. The Kier molecular flexibility index (Phi) is 5.80. The molecule has 7 heteroatoms. The van der Waals surface area contributed by atoms with E-state index in [9.17, 15) is 14.9 Å². The predicted octanol–water partition coefficient (Wildman–Crippen LogP) is 6.40. The number of nitrogens with one attached hydrogen (secondary N) is 1. The smallest absolute Gasteiger partial charge is 0.411 e. The van der Waals surface area contributed by atoms with Crippen molar-refractivity contribution >= 4 is 22.7 Å². The topological polar surface area (TPSA) is 89.1 Å². The van der Waals surface area contributed by atoms with Crippen LogP contribution in [0.15, 0.2) is 71.7 Å². The van der Waals surface area contributed by atoms with Crippen molar-refractivity contribution in [3.05, 3.63) is 82.8 Å². The fraction of sp³-hybridized carbons (Fsp3) is 0.300. The van der Waals surface area contributed by atoms with E-state index in [0.717, 1.165) is 60.0 Å². The van der Waals surface area contributed by atoms with Gasteiger partial charge in [0.05, 0.1) is 22.5 Å². The number of aromatic nitrogens is 2. The number of nitriles is 1. The fourth-order valence-electron chi connectivity index (χ4n) is 5.20. The van der Waals surface area contributed by atoms with Gasteiger partial charge in [0, 0.05) is 29.4 Å². The maximum atomic E-state index is 12.5. The molecule has 0 spiro atoms. The van der Waals surface area contributed by atoms with Gasteiger partial charge in [-0.05, 0) is 86.9 Å². The lowest BCUT2D eigenvalue weighted by molar-refractivity contribution is 0.108. The van der Waals surface area contributed by atoms with Crippen molar-refractivity contribution in [1.82, 2.24) is 9.13 Å². The summed E-state index contributed by atoms with van der Waals surface area (Å²) in [4.78, 5) is 24.7. The molecule has 1 atom stereocenters. The average molecular weight is 493 g/mol. The van der Waals surface area contributed by atoms with E-state index in [2.05, 4.69) is 16.0 Å². The highest BCUT2D eigenvalue weighted by Crippen LogP contribution is 2.43. The number of ether oxygens (including phenoxy) is 1. The van der Waals surface area contributed by atoms with E-state index in [1.807, 2.05) is 55.5 Å². The molecule has 1 N–H and O–H groups in total. The molecule has 2 aromatic heterocycles. The van der Waals surface area contributed by atoms with Gasteiger partial charge in [0.15, 0.2) is 0 Å². The van der Waals surface area contributed by atoms with Crippen LogP contribution in [0.1, 0.15) is 50.6 Å². The van der Waals surface area contributed by atoms with Gasteiger partial charge >= 0.3 is 6.09 Å². The summed E-state index contributed by atoms with van der Waals surface area (Å²) in [6.45, 7) is 1.93. The van der Waals surface area contributed by atoms with Gasteiger partial charge in [-0.1, -0.05) is 18.2 Å². The lowest BCUT2D eigenvalue weighted by Crippen LogP contribution is -2.21. The van der Waals surface area contributed by atoms with Crippen molar-refractivity contribution in [2.75, 3.05) is 5.32 Å². The predicted molar refractivity (Wildman–Crippen MR) is 143 cm³/mol. The minimum Gasteiger partial charge on any atom is -0.446 e. The number of amides is 1. The van der Waals surface area contributed by atoms with Crippen LogP contribution in [0.25, 0.3) is 27.8 Å². The molecule has 2 aromatic carbocycles. The molecule has 0 radical (unpaired) electrons. The van der Waals surface area contributed by atoms with Crippen molar-refractivity contribution in [2.45, 2.75) is 51.2 Å². The van der Waals surface area contributed by atoms with Crippen LogP contribution in [0.4, 0.5) is 10.5 Å². The first-order valence-corrected chi connectivity index (χ1v) is 12.9. The maximum Gasteiger partial charge on any atom is 0.411 e. The number of carbonyl (C=O) groups is 1. The van der Waals surface area contributed by atoms with Crippen molar-refractivity contribution in [1.29, 1.82) is 5.26 Å². The van der Waals surface area contributed by atoms with E-state index in [-0.39, 0.29) is 11.7 Å². The first-order valence-electron chi connectivity index (χ1n) is 12.9.